The maximum Gasteiger partial charge on any atom is 0.262 e. The van der Waals surface area contributed by atoms with E-state index in [9.17, 15) is 4.79 Å². The third kappa shape index (κ3) is 2.22. The average molecular weight is 387 g/mol. The van der Waals surface area contributed by atoms with Gasteiger partial charge < -0.3 is 9.47 Å². The van der Waals surface area contributed by atoms with E-state index in [0.717, 1.165) is 44.0 Å². The lowest BCUT2D eigenvalue weighted by atomic mass is 10.1. The summed E-state index contributed by atoms with van der Waals surface area (Å²) in [5, 5.41) is 1.28. The number of hydrogen-bond donors (Lipinski definition) is 0. The molecule has 2 aromatic heterocycles. The van der Waals surface area contributed by atoms with E-state index in [-0.39, 0.29) is 12.4 Å². The van der Waals surface area contributed by atoms with Crippen molar-refractivity contribution in [2.24, 2.45) is 0 Å². The number of hydrogen-bond acceptors (Lipinski definition) is 5. The van der Waals surface area contributed by atoms with Crippen molar-refractivity contribution < 1.29 is 9.47 Å². The van der Waals surface area contributed by atoms with E-state index in [0.29, 0.717) is 23.1 Å². The van der Waals surface area contributed by atoms with Crippen LogP contribution in [0.15, 0.2) is 16.9 Å². The van der Waals surface area contributed by atoms with Crippen LogP contribution in [0.3, 0.4) is 0 Å². The molecule has 2 aliphatic heterocycles. The molecule has 0 amide bonds. The van der Waals surface area contributed by atoms with Crippen molar-refractivity contribution in [3.63, 3.8) is 0 Å². The molecule has 0 unspecified atom stereocenters. The summed E-state index contributed by atoms with van der Waals surface area (Å²) in [6.07, 6.45) is 2.79. The molecule has 2 aliphatic rings. The number of rotatable bonds is 1. The van der Waals surface area contributed by atoms with Crippen molar-refractivity contribution in [1.82, 2.24) is 9.55 Å². The standard InChI is InChI=1S/C19H15ClN2O3S/c1-9-10(2)26-18-15(9)19(23)22-4-3-12(17(22)21-18)5-11-6-13(20)16-14(7-11)24-8-25-16/h5-7H,3-4,8H2,1-2H3/b12-5-. The maximum absolute atomic E-state index is 12.9. The summed E-state index contributed by atoms with van der Waals surface area (Å²) in [4.78, 5) is 19.7. The van der Waals surface area contributed by atoms with Crippen molar-refractivity contribution in [3.8, 4) is 11.5 Å². The van der Waals surface area contributed by atoms with E-state index in [4.69, 9.17) is 26.1 Å². The van der Waals surface area contributed by atoms with Crippen LogP contribution in [0, 0.1) is 13.8 Å². The normalized spacial score (nSPS) is 16.7. The van der Waals surface area contributed by atoms with Gasteiger partial charge in [-0.2, -0.15) is 0 Å². The molecule has 5 rings (SSSR count). The molecule has 1 aromatic carbocycles. The molecule has 0 N–H and O–H groups in total. The van der Waals surface area contributed by atoms with E-state index in [1.165, 1.54) is 0 Å². The first kappa shape index (κ1) is 15.9. The summed E-state index contributed by atoms with van der Waals surface area (Å²) >= 11 is 7.86. The monoisotopic (exact) mass is 386 g/mol. The predicted octanol–water partition coefficient (Wildman–Crippen LogP) is 4.40. The zero-order chi connectivity index (χ0) is 18.0. The Morgan fingerprint density at radius 1 is 1.31 bits per heavy atom. The second-order valence-corrected chi connectivity index (χ2v) is 8.12. The second kappa shape index (κ2) is 5.59. The molecule has 0 aliphatic carbocycles. The lowest BCUT2D eigenvalue weighted by Crippen LogP contribution is -2.20. The zero-order valence-electron chi connectivity index (χ0n) is 14.3. The minimum absolute atomic E-state index is 0.0546. The number of fused-ring (bicyclic) bond motifs is 3. The quantitative estimate of drug-likeness (QED) is 0.622. The van der Waals surface area contributed by atoms with Gasteiger partial charge in [0.1, 0.15) is 10.7 Å². The highest BCUT2D eigenvalue weighted by atomic mass is 35.5. The van der Waals surface area contributed by atoms with Crippen LogP contribution in [0.25, 0.3) is 21.9 Å². The summed E-state index contributed by atoms with van der Waals surface area (Å²) in [5.74, 6) is 1.98. The highest BCUT2D eigenvalue weighted by Crippen LogP contribution is 2.41. The smallest absolute Gasteiger partial charge is 0.262 e. The Hall–Kier alpha value is -2.31. The number of nitrogens with zero attached hydrogens (tertiary/aromatic N) is 2. The van der Waals surface area contributed by atoms with Gasteiger partial charge in [-0.1, -0.05) is 11.6 Å². The van der Waals surface area contributed by atoms with Gasteiger partial charge in [-0.15, -0.1) is 11.3 Å². The largest absolute Gasteiger partial charge is 0.454 e. The fraction of sp³-hybridized carbons (Fsp3) is 0.263. The number of thiophene rings is 1. The van der Waals surface area contributed by atoms with E-state index < -0.39 is 0 Å². The van der Waals surface area contributed by atoms with Crippen molar-refractivity contribution in [2.45, 2.75) is 26.8 Å². The van der Waals surface area contributed by atoms with Crippen LogP contribution in [0.2, 0.25) is 5.02 Å². The number of ether oxygens (including phenoxy) is 2. The van der Waals surface area contributed by atoms with Gasteiger partial charge >= 0.3 is 0 Å². The highest BCUT2D eigenvalue weighted by molar-refractivity contribution is 7.18. The Balaban J connectivity index is 1.67. The maximum atomic E-state index is 12.9. The van der Waals surface area contributed by atoms with Crippen LogP contribution in [0.1, 0.15) is 28.2 Å². The summed E-state index contributed by atoms with van der Waals surface area (Å²) in [5.41, 5.74) is 3.04. The Labute approximate surface area is 158 Å². The van der Waals surface area contributed by atoms with E-state index in [1.807, 2.05) is 32.1 Å². The fourth-order valence-electron chi connectivity index (χ4n) is 3.53. The van der Waals surface area contributed by atoms with Crippen molar-refractivity contribution >= 4 is 44.8 Å². The minimum Gasteiger partial charge on any atom is -0.454 e. The molecule has 0 saturated carbocycles. The first-order valence-corrected chi connectivity index (χ1v) is 9.53. The Kier molecular flexibility index (Phi) is 3.42. The van der Waals surface area contributed by atoms with Crippen molar-refractivity contribution in [1.29, 1.82) is 0 Å². The van der Waals surface area contributed by atoms with Crippen molar-refractivity contribution in [3.05, 3.63) is 49.3 Å². The van der Waals surface area contributed by atoms with Gasteiger partial charge in [-0.3, -0.25) is 9.36 Å². The van der Waals surface area contributed by atoms with Gasteiger partial charge in [0.25, 0.3) is 5.56 Å². The lowest BCUT2D eigenvalue weighted by molar-refractivity contribution is 0.174. The number of allylic oxidation sites excluding steroid dienone is 1. The third-order valence-corrected chi connectivity index (χ3v) is 6.35. The van der Waals surface area contributed by atoms with Gasteiger partial charge in [-0.25, -0.2) is 4.98 Å². The second-order valence-electron chi connectivity index (χ2n) is 6.51. The Morgan fingerprint density at radius 2 is 2.15 bits per heavy atom. The molecule has 132 valence electrons. The van der Waals surface area contributed by atoms with Crippen molar-refractivity contribution in [2.75, 3.05) is 6.79 Å². The molecular weight excluding hydrogens is 372 g/mol. The highest BCUT2D eigenvalue weighted by Gasteiger charge is 2.24. The SMILES string of the molecule is Cc1sc2nc3n(c(=O)c2c1C)CC/C3=C/c1cc(Cl)c2c(c1)OCO2. The van der Waals surface area contributed by atoms with E-state index in [2.05, 4.69) is 0 Å². The zero-order valence-corrected chi connectivity index (χ0v) is 15.8. The molecular formula is C19H15ClN2O3S. The van der Waals surface area contributed by atoms with Crippen LogP contribution < -0.4 is 15.0 Å². The molecule has 0 spiro atoms. The number of halogens is 1. The first-order chi connectivity index (χ1) is 12.5. The summed E-state index contributed by atoms with van der Waals surface area (Å²) in [6.45, 7) is 4.85. The molecule has 5 nitrogen and oxygen atoms in total. The van der Waals surface area contributed by atoms with Crippen LogP contribution in [-0.4, -0.2) is 16.3 Å². The van der Waals surface area contributed by atoms with Gasteiger partial charge in [-0.05, 0) is 55.2 Å². The Morgan fingerprint density at radius 3 is 3.00 bits per heavy atom. The third-order valence-electron chi connectivity index (χ3n) is 4.97. The molecule has 0 atom stereocenters. The average Bonchev–Trinajstić information content (AvgIpc) is 3.28. The van der Waals surface area contributed by atoms with Crippen LogP contribution in [0.4, 0.5) is 0 Å². The van der Waals surface area contributed by atoms with E-state index in [1.54, 1.807) is 15.9 Å². The molecule has 7 heteroatoms. The minimum atomic E-state index is 0.0546. The first-order valence-electron chi connectivity index (χ1n) is 8.33. The molecule has 0 radical (unpaired) electrons. The van der Waals surface area contributed by atoms with Gasteiger partial charge in [0, 0.05) is 11.4 Å². The fourth-order valence-corrected chi connectivity index (χ4v) is 4.83. The molecule has 3 aromatic rings. The summed E-state index contributed by atoms with van der Waals surface area (Å²) in [6, 6.07) is 3.75. The summed E-state index contributed by atoms with van der Waals surface area (Å²) in [7, 11) is 0. The van der Waals surface area contributed by atoms with E-state index >= 15 is 0 Å². The van der Waals surface area contributed by atoms with Gasteiger partial charge in [0.15, 0.2) is 11.5 Å². The van der Waals surface area contributed by atoms with Crippen LogP contribution in [0.5, 0.6) is 11.5 Å². The number of aryl methyl sites for hydroxylation is 2. The van der Waals surface area contributed by atoms with Crippen LogP contribution >= 0.6 is 22.9 Å². The van der Waals surface area contributed by atoms with Gasteiger partial charge in [0.05, 0.1) is 10.4 Å². The number of aromatic nitrogens is 2. The van der Waals surface area contributed by atoms with Crippen LogP contribution in [-0.2, 0) is 6.54 Å². The topological polar surface area (TPSA) is 53.4 Å². The molecule has 26 heavy (non-hydrogen) atoms. The molecule has 0 saturated heterocycles. The molecule has 4 heterocycles. The molecule has 0 bridgehead atoms. The lowest BCUT2D eigenvalue weighted by Gasteiger charge is -2.05. The summed E-state index contributed by atoms with van der Waals surface area (Å²) < 4.78 is 12.6. The Bertz CT molecular complexity index is 1180. The van der Waals surface area contributed by atoms with Gasteiger partial charge in [0.2, 0.25) is 6.79 Å². The molecule has 0 fully saturated rings. The predicted molar refractivity (Wildman–Crippen MR) is 103 cm³/mol. The number of benzene rings is 1.